The van der Waals surface area contributed by atoms with E-state index in [9.17, 15) is 24.2 Å². The van der Waals surface area contributed by atoms with Gasteiger partial charge in [0.1, 0.15) is 6.61 Å². The summed E-state index contributed by atoms with van der Waals surface area (Å²) in [5, 5.41) is 20.4. The van der Waals surface area contributed by atoms with Crippen LogP contribution in [0.15, 0.2) is 16.9 Å². The van der Waals surface area contributed by atoms with Gasteiger partial charge in [0, 0.05) is 29.2 Å². The molecule has 0 amide bonds. The number of aryl methyl sites for hydroxylation is 1. The highest BCUT2D eigenvalue weighted by Crippen LogP contribution is 2.42. The fraction of sp³-hybridized carbons (Fsp3) is 0.400. The third-order valence-electron chi connectivity index (χ3n) is 6.98. The zero-order valence-corrected chi connectivity index (χ0v) is 19.3. The fourth-order valence-electron chi connectivity index (χ4n) is 5.12. The number of methoxy groups -OCH3 is 1. The van der Waals surface area contributed by atoms with Crippen LogP contribution in [0.5, 0.6) is 5.75 Å². The first-order valence-corrected chi connectivity index (χ1v) is 11.4. The van der Waals surface area contributed by atoms with E-state index in [0.717, 1.165) is 6.07 Å². The number of esters is 1. The van der Waals surface area contributed by atoms with Crippen LogP contribution in [0, 0.1) is 11.6 Å². The first-order chi connectivity index (χ1) is 16.8. The molecule has 0 saturated heterocycles. The van der Waals surface area contributed by atoms with Crippen molar-refractivity contribution >= 4 is 16.9 Å². The maximum Gasteiger partial charge on any atom is 0.343 e. The van der Waals surface area contributed by atoms with Gasteiger partial charge in [-0.25, -0.2) is 18.6 Å². The average molecular weight is 486 g/mol. The highest BCUT2D eigenvalue weighted by molar-refractivity contribution is 5.90. The zero-order chi connectivity index (χ0) is 25.1. The van der Waals surface area contributed by atoms with Gasteiger partial charge in [0.05, 0.1) is 36.1 Å². The number of carbonyl (C=O) groups is 1. The molecule has 2 N–H and O–H groups in total. The molecule has 0 aliphatic carbocycles. The molecule has 3 aromatic rings. The summed E-state index contributed by atoms with van der Waals surface area (Å²) in [6.07, 6.45) is 1.36. The largest absolute Gasteiger partial charge is 0.491 e. The molecule has 8 nitrogen and oxygen atoms in total. The van der Waals surface area contributed by atoms with Crippen molar-refractivity contribution in [3.05, 3.63) is 56.4 Å². The van der Waals surface area contributed by atoms with E-state index in [1.807, 2.05) is 0 Å². The van der Waals surface area contributed by atoms with Gasteiger partial charge in [0.2, 0.25) is 0 Å². The number of rotatable bonds is 6. The summed E-state index contributed by atoms with van der Waals surface area (Å²) in [7, 11) is 1.18. The predicted octanol–water partition coefficient (Wildman–Crippen LogP) is 2.68. The topological polar surface area (TPSA) is 111 Å². The monoisotopic (exact) mass is 486 g/mol. The number of nitrogens with zero attached hydrogens (tertiary/aromatic N) is 2. The number of carbonyl (C=O) groups excluding carboxylic acids is 1. The van der Waals surface area contributed by atoms with Crippen molar-refractivity contribution in [1.82, 2.24) is 9.55 Å². The van der Waals surface area contributed by atoms with E-state index >= 15 is 4.39 Å². The van der Waals surface area contributed by atoms with E-state index in [1.54, 1.807) is 13.0 Å². The summed E-state index contributed by atoms with van der Waals surface area (Å²) in [6.45, 7) is 1.40. The molecule has 0 bridgehead atoms. The van der Waals surface area contributed by atoms with Gasteiger partial charge in [0.15, 0.2) is 23.0 Å². The highest BCUT2D eigenvalue weighted by atomic mass is 19.1. The first kappa shape index (κ1) is 23.4. The number of fused-ring (bicyclic) bond motifs is 5. The molecule has 1 aromatic carbocycles. The molecule has 0 unspecified atom stereocenters. The lowest BCUT2D eigenvalue weighted by Gasteiger charge is -2.31. The molecule has 4 heterocycles. The van der Waals surface area contributed by atoms with E-state index in [4.69, 9.17) is 9.47 Å². The molecule has 35 heavy (non-hydrogen) atoms. The third kappa shape index (κ3) is 3.27. The van der Waals surface area contributed by atoms with Crippen LogP contribution in [-0.2, 0) is 34.7 Å². The molecular weight excluding hydrogens is 462 g/mol. The molecule has 0 fully saturated rings. The Morgan fingerprint density at radius 3 is 2.69 bits per heavy atom. The minimum Gasteiger partial charge on any atom is -0.491 e. The Kier molecular flexibility index (Phi) is 5.60. The van der Waals surface area contributed by atoms with Gasteiger partial charge in [-0.15, -0.1) is 0 Å². The van der Waals surface area contributed by atoms with Crippen molar-refractivity contribution < 1.29 is 33.3 Å². The van der Waals surface area contributed by atoms with Crippen LogP contribution in [0.25, 0.3) is 22.3 Å². The Bertz CT molecular complexity index is 1450. The van der Waals surface area contributed by atoms with Crippen molar-refractivity contribution in [2.75, 3.05) is 13.7 Å². The second-order valence-corrected chi connectivity index (χ2v) is 8.80. The van der Waals surface area contributed by atoms with Gasteiger partial charge in [0.25, 0.3) is 5.56 Å². The Hall–Kier alpha value is -3.37. The van der Waals surface area contributed by atoms with Crippen LogP contribution in [0.3, 0.4) is 0 Å². The Morgan fingerprint density at radius 2 is 2.00 bits per heavy atom. The van der Waals surface area contributed by atoms with Crippen molar-refractivity contribution in [3.8, 4) is 17.1 Å². The second-order valence-electron chi connectivity index (χ2n) is 8.80. The molecule has 5 rings (SSSR count). The number of hydrogen-bond acceptors (Lipinski definition) is 7. The number of aliphatic hydroxyl groups excluding tert-OH is 1. The number of aromatic nitrogens is 2. The molecule has 10 heteroatoms. The Labute approximate surface area is 198 Å². The number of unbranched alkanes of at least 4 members (excludes halogenated alkanes) is 1. The summed E-state index contributed by atoms with van der Waals surface area (Å²) in [5.74, 6) is -3.13. The molecular formula is C25H24F2N2O6. The predicted molar refractivity (Wildman–Crippen MR) is 121 cm³/mol. The molecule has 2 aromatic heterocycles. The zero-order valence-electron chi connectivity index (χ0n) is 19.3. The summed E-state index contributed by atoms with van der Waals surface area (Å²) in [5.41, 5.74) is -0.163. The van der Waals surface area contributed by atoms with Gasteiger partial charge < -0.3 is 24.3 Å². The average Bonchev–Trinajstić information content (AvgIpc) is 3.20. The van der Waals surface area contributed by atoms with Crippen LogP contribution in [0.2, 0.25) is 0 Å². The fourth-order valence-corrected chi connectivity index (χ4v) is 5.12. The molecule has 2 aliphatic heterocycles. The lowest BCUT2D eigenvalue weighted by atomic mass is 9.86. The second kappa shape index (κ2) is 8.39. The van der Waals surface area contributed by atoms with Gasteiger partial charge in [-0.3, -0.25) is 4.79 Å². The van der Waals surface area contributed by atoms with E-state index in [-0.39, 0.29) is 48.2 Å². The van der Waals surface area contributed by atoms with E-state index in [2.05, 4.69) is 4.98 Å². The van der Waals surface area contributed by atoms with Crippen molar-refractivity contribution in [2.45, 2.75) is 51.4 Å². The molecule has 1 atom stereocenters. The highest BCUT2D eigenvalue weighted by Gasteiger charge is 2.45. The minimum absolute atomic E-state index is 0.00234. The number of aliphatic hydroxyl groups is 2. The van der Waals surface area contributed by atoms with Gasteiger partial charge in [-0.1, -0.05) is 6.92 Å². The van der Waals surface area contributed by atoms with Gasteiger partial charge in [-0.05, 0) is 37.3 Å². The molecule has 0 radical (unpaired) electrons. The summed E-state index contributed by atoms with van der Waals surface area (Å²) >= 11 is 0. The maximum atomic E-state index is 15.4. The van der Waals surface area contributed by atoms with Crippen molar-refractivity contribution in [1.29, 1.82) is 0 Å². The van der Waals surface area contributed by atoms with Crippen molar-refractivity contribution in [2.24, 2.45) is 0 Å². The summed E-state index contributed by atoms with van der Waals surface area (Å²) < 4.78 is 41.4. The lowest BCUT2D eigenvalue weighted by Crippen LogP contribution is -2.44. The van der Waals surface area contributed by atoms with Crippen LogP contribution in [0.4, 0.5) is 8.78 Å². The summed E-state index contributed by atoms with van der Waals surface area (Å²) in [4.78, 5) is 30.3. The van der Waals surface area contributed by atoms with Crippen LogP contribution < -0.4 is 10.3 Å². The van der Waals surface area contributed by atoms with E-state index < -0.39 is 34.5 Å². The number of benzene rings is 1. The third-order valence-corrected chi connectivity index (χ3v) is 6.98. The van der Waals surface area contributed by atoms with Crippen molar-refractivity contribution in [3.63, 3.8) is 0 Å². The van der Waals surface area contributed by atoms with Gasteiger partial charge in [-0.2, -0.15) is 0 Å². The normalized spacial score (nSPS) is 18.3. The molecule has 2 aliphatic rings. The van der Waals surface area contributed by atoms with Crippen LogP contribution in [-0.4, -0.2) is 39.5 Å². The number of ether oxygens (including phenoxy) is 2. The quantitative estimate of drug-likeness (QED) is 0.318. The Balaban J connectivity index is 1.81. The smallest absolute Gasteiger partial charge is 0.343 e. The number of halogens is 2. The van der Waals surface area contributed by atoms with Crippen LogP contribution >= 0.6 is 0 Å². The van der Waals surface area contributed by atoms with Gasteiger partial charge >= 0.3 is 5.97 Å². The first-order valence-electron chi connectivity index (χ1n) is 11.4. The number of pyridine rings is 2. The molecule has 0 spiro atoms. The maximum absolute atomic E-state index is 15.4. The number of cyclic esters (lactones) is 1. The molecule has 0 saturated carbocycles. The SMILES string of the molecule is CC[C@@]1(O)C(=O)OCc2c1cc1n(c2=O)Cc2c-1nc1cc(F)c(OC)c(F)c1c2CCCCO. The van der Waals surface area contributed by atoms with Crippen LogP contribution in [0.1, 0.15) is 48.4 Å². The Morgan fingerprint density at radius 1 is 1.23 bits per heavy atom. The lowest BCUT2D eigenvalue weighted by molar-refractivity contribution is -0.172. The molecule has 184 valence electrons. The van der Waals surface area contributed by atoms with E-state index in [0.29, 0.717) is 41.8 Å². The number of hydrogen-bond donors (Lipinski definition) is 2. The summed E-state index contributed by atoms with van der Waals surface area (Å²) in [6, 6.07) is 2.64. The minimum atomic E-state index is -1.97. The van der Waals surface area contributed by atoms with E-state index in [1.165, 1.54) is 11.7 Å². The standard InChI is InChI=1S/C25H24F2N2O6/c1-3-25(33)15-8-18-21-13(10-29(18)23(31)14(15)11-35-24(25)32)12(6-4-5-7-30)19-17(28-21)9-16(26)22(34-2)20(19)27/h8-9,30,33H,3-7,10-11H2,1-2H3/t25-/m0/s1.